The van der Waals surface area contributed by atoms with Crippen LogP contribution in [-0.4, -0.2) is 31.5 Å². The molecule has 24 heavy (non-hydrogen) atoms. The second kappa shape index (κ2) is 9.30. The molecule has 2 amide bonds. The first-order chi connectivity index (χ1) is 11.6. The summed E-state index contributed by atoms with van der Waals surface area (Å²) >= 11 is 0. The first-order valence-electron chi connectivity index (χ1n) is 8.81. The Morgan fingerprint density at radius 3 is 2.29 bits per heavy atom. The van der Waals surface area contributed by atoms with E-state index in [4.69, 9.17) is 4.74 Å². The number of anilines is 1. The van der Waals surface area contributed by atoms with Crippen molar-refractivity contribution in [3.8, 4) is 5.75 Å². The van der Waals surface area contributed by atoms with Gasteiger partial charge in [-0.2, -0.15) is 0 Å². The number of hydrogen-bond acceptors (Lipinski definition) is 3. The second-order valence-electron chi connectivity index (χ2n) is 6.37. The van der Waals surface area contributed by atoms with Crippen LogP contribution in [-0.2, 0) is 9.59 Å². The summed E-state index contributed by atoms with van der Waals surface area (Å²) in [4.78, 5) is 25.8. The minimum Gasteiger partial charge on any atom is -0.497 e. The lowest BCUT2D eigenvalue weighted by molar-refractivity contribution is -0.121. The smallest absolute Gasteiger partial charge is 0.223 e. The Balaban J connectivity index is 1.88. The summed E-state index contributed by atoms with van der Waals surface area (Å²) in [6.07, 6.45) is 7.38. The third-order valence-corrected chi connectivity index (χ3v) is 4.55. The van der Waals surface area contributed by atoms with Crippen LogP contribution in [0.25, 0.3) is 0 Å². The van der Waals surface area contributed by atoms with Crippen molar-refractivity contribution < 1.29 is 14.3 Å². The topological polar surface area (TPSA) is 58.6 Å². The standard InChI is InChI=1S/C19H28N2O3/c1-15(22)21(17-9-11-18(24-2)12-10-17)14-13-19(23)20-16-7-5-3-4-6-8-16/h9-12,16H,3-8,13-14H2,1-2H3,(H,20,23). The molecule has 1 aliphatic rings. The van der Waals surface area contributed by atoms with Gasteiger partial charge in [0.05, 0.1) is 7.11 Å². The average Bonchev–Trinajstić information content (AvgIpc) is 2.84. The van der Waals surface area contributed by atoms with Gasteiger partial charge in [-0.25, -0.2) is 0 Å². The molecule has 0 bridgehead atoms. The average molecular weight is 332 g/mol. The zero-order valence-corrected chi connectivity index (χ0v) is 14.7. The molecule has 1 fully saturated rings. The molecular weight excluding hydrogens is 304 g/mol. The van der Waals surface area contributed by atoms with Gasteiger partial charge in [0, 0.05) is 31.6 Å². The Morgan fingerprint density at radius 1 is 1.12 bits per heavy atom. The van der Waals surface area contributed by atoms with Crippen molar-refractivity contribution in [2.45, 2.75) is 57.9 Å². The van der Waals surface area contributed by atoms with Crippen molar-refractivity contribution in [3.63, 3.8) is 0 Å². The Morgan fingerprint density at radius 2 is 1.75 bits per heavy atom. The molecule has 0 aromatic heterocycles. The highest BCUT2D eigenvalue weighted by atomic mass is 16.5. The van der Waals surface area contributed by atoms with E-state index in [0.717, 1.165) is 24.3 Å². The van der Waals surface area contributed by atoms with Gasteiger partial charge in [-0.1, -0.05) is 25.7 Å². The van der Waals surface area contributed by atoms with Crippen LogP contribution in [0.1, 0.15) is 51.9 Å². The van der Waals surface area contributed by atoms with Crippen LogP contribution in [0.2, 0.25) is 0 Å². The van der Waals surface area contributed by atoms with E-state index in [1.807, 2.05) is 24.3 Å². The maximum Gasteiger partial charge on any atom is 0.223 e. The third kappa shape index (κ3) is 5.55. The van der Waals surface area contributed by atoms with Crippen LogP contribution in [0.15, 0.2) is 24.3 Å². The normalized spacial score (nSPS) is 15.4. The van der Waals surface area contributed by atoms with Crippen molar-refractivity contribution in [2.75, 3.05) is 18.6 Å². The molecular formula is C19H28N2O3. The molecule has 5 heteroatoms. The van der Waals surface area contributed by atoms with E-state index in [2.05, 4.69) is 5.32 Å². The van der Waals surface area contributed by atoms with Crippen LogP contribution in [0.5, 0.6) is 5.75 Å². The molecule has 1 N–H and O–H groups in total. The van der Waals surface area contributed by atoms with Gasteiger partial charge in [0.1, 0.15) is 5.75 Å². The molecule has 5 nitrogen and oxygen atoms in total. The third-order valence-electron chi connectivity index (χ3n) is 4.55. The number of methoxy groups -OCH3 is 1. The molecule has 0 radical (unpaired) electrons. The van der Waals surface area contributed by atoms with Crippen molar-refractivity contribution in [2.24, 2.45) is 0 Å². The molecule has 0 saturated heterocycles. The predicted molar refractivity (Wildman–Crippen MR) is 95.3 cm³/mol. The number of nitrogens with one attached hydrogen (secondary N) is 1. The lowest BCUT2D eigenvalue weighted by atomic mass is 10.1. The number of ether oxygens (including phenoxy) is 1. The SMILES string of the molecule is COc1ccc(N(CCC(=O)NC2CCCCCC2)C(C)=O)cc1. The first-order valence-corrected chi connectivity index (χ1v) is 8.81. The van der Waals surface area contributed by atoms with E-state index in [0.29, 0.717) is 19.0 Å². The second-order valence-corrected chi connectivity index (χ2v) is 6.37. The number of amides is 2. The highest BCUT2D eigenvalue weighted by molar-refractivity contribution is 5.92. The molecule has 0 heterocycles. The minimum absolute atomic E-state index is 0.0293. The minimum atomic E-state index is -0.0672. The fourth-order valence-corrected chi connectivity index (χ4v) is 3.17. The number of rotatable bonds is 6. The number of carbonyl (C=O) groups excluding carboxylic acids is 2. The first kappa shape index (κ1) is 18.3. The highest BCUT2D eigenvalue weighted by Gasteiger charge is 2.17. The maximum absolute atomic E-state index is 12.2. The van der Waals surface area contributed by atoms with Crippen LogP contribution in [0, 0.1) is 0 Å². The van der Waals surface area contributed by atoms with E-state index in [9.17, 15) is 9.59 Å². The van der Waals surface area contributed by atoms with E-state index in [1.165, 1.54) is 32.6 Å². The summed E-state index contributed by atoms with van der Waals surface area (Å²) in [5.41, 5.74) is 0.783. The van der Waals surface area contributed by atoms with Gasteiger partial charge in [0.15, 0.2) is 0 Å². The molecule has 1 aliphatic carbocycles. The predicted octanol–water partition coefficient (Wildman–Crippen LogP) is 3.28. The van der Waals surface area contributed by atoms with Crippen molar-refractivity contribution in [3.05, 3.63) is 24.3 Å². The van der Waals surface area contributed by atoms with Gasteiger partial charge in [-0.3, -0.25) is 9.59 Å². The number of carbonyl (C=O) groups is 2. The molecule has 0 spiro atoms. The van der Waals surface area contributed by atoms with Gasteiger partial charge in [0.2, 0.25) is 11.8 Å². The Hall–Kier alpha value is -2.04. The van der Waals surface area contributed by atoms with Gasteiger partial charge in [0.25, 0.3) is 0 Å². The lowest BCUT2D eigenvalue weighted by Gasteiger charge is -2.22. The van der Waals surface area contributed by atoms with Crippen LogP contribution in [0.3, 0.4) is 0 Å². The zero-order chi connectivity index (χ0) is 17.4. The number of hydrogen-bond donors (Lipinski definition) is 1. The van der Waals surface area contributed by atoms with E-state index >= 15 is 0 Å². The molecule has 132 valence electrons. The molecule has 0 aliphatic heterocycles. The van der Waals surface area contributed by atoms with Crippen molar-refractivity contribution >= 4 is 17.5 Å². The quantitative estimate of drug-likeness (QED) is 0.813. The van der Waals surface area contributed by atoms with Crippen LogP contribution >= 0.6 is 0 Å². The summed E-state index contributed by atoms with van der Waals surface area (Å²) in [5.74, 6) is 0.706. The molecule has 1 aromatic carbocycles. The Kier molecular flexibility index (Phi) is 7.09. The summed E-state index contributed by atoms with van der Waals surface area (Å²) < 4.78 is 5.13. The molecule has 1 saturated carbocycles. The summed E-state index contributed by atoms with van der Waals surface area (Å²) in [5, 5.41) is 3.13. The monoisotopic (exact) mass is 332 g/mol. The molecule has 1 aromatic rings. The fraction of sp³-hybridized carbons (Fsp3) is 0.579. The maximum atomic E-state index is 12.2. The van der Waals surface area contributed by atoms with Gasteiger partial charge in [-0.05, 0) is 37.1 Å². The molecule has 0 unspecified atom stereocenters. The number of nitrogens with zero attached hydrogens (tertiary/aromatic N) is 1. The fourth-order valence-electron chi connectivity index (χ4n) is 3.17. The van der Waals surface area contributed by atoms with Crippen molar-refractivity contribution in [1.29, 1.82) is 0 Å². The summed E-state index contributed by atoms with van der Waals surface area (Å²) in [6, 6.07) is 7.60. The highest BCUT2D eigenvalue weighted by Crippen LogP contribution is 2.20. The van der Waals surface area contributed by atoms with Gasteiger partial charge in [-0.15, -0.1) is 0 Å². The lowest BCUT2D eigenvalue weighted by Crippen LogP contribution is -2.38. The molecule has 0 atom stereocenters. The van der Waals surface area contributed by atoms with Gasteiger partial charge >= 0.3 is 0 Å². The largest absolute Gasteiger partial charge is 0.497 e. The van der Waals surface area contributed by atoms with Gasteiger partial charge < -0.3 is 15.0 Å². The zero-order valence-electron chi connectivity index (χ0n) is 14.7. The Labute approximate surface area is 144 Å². The van der Waals surface area contributed by atoms with E-state index in [-0.39, 0.29) is 11.8 Å². The number of benzene rings is 1. The van der Waals surface area contributed by atoms with E-state index < -0.39 is 0 Å². The Bertz CT molecular complexity index is 534. The van der Waals surface area contributed by atoms with Crippen LogP contribution < -0.4 is 15.0 Å². The molecule has 2 rings (SSSR count). The van der Waals surface area contributed by atoms with Crippen LogP contribution in [0.4, 0.5) is 5.69 Å². The summed E-state index contributed by atoms with van der Waals surface area (Å²) in [7, 11) is 1.61. The van der Waals surface area contributed by atoms with E-state index in [1.54, 1.807) is 12.0 Å². The summed E-state index contributed by atoms with van der Waals surface area (Å²) in [6.45, 7) is 1.91. The van der Waals surface area contributed by atoms with Crippen molar-refractivity contribution in [1.82, 2.24) is 5.32 Å².